The Hall–Kier alpha value is -0.130. The number of rotatable bonds is 8. The van der Waals surface area contributed by atoms with Gasteiger partial charge in [0.15, 0.2) is 0 Å². The maximum absolute atomic E-state index is 12.0. The van der Waals surface area contributed by atoms with Gasteiger partial charge in [-0.1, -0.05) is 20.8 Å². The first kappa shape index (κ1) is 14.9. The molecule has 102 valence electrons. The lowest BCUT2D eigenvalue weighted by molar-refractivity contribution is 0.470. The van der Waals surface area contributed by atoms with Gasteiger partial charge in [0.1, 0.15) is 0 Å². The highest BCUT2D eigenvalue weighted by molar-refractivity contribution is 7.90. The quantitative estimate of drug-likeness (QED) is 0.696. The van der Waals surface area contributed by atoms with Crippen LogP contribution in [0.4, 0.5) is 0 Å². The smallest absolute Gasteiger partial charge is 0.215 e. The molecule has 5 heteroatoms. The van der Waals surface area contributed by atoms with Crippen molar-refractivity contribution in [3.63, 3.8) is 0 Å². The van der Waals surface area contributed by atoms with Crippen LogP contribution in [0.25, 0.3) is 0 Å². The third-order valence-electron chi connectivity index (χ3n) is 3.70. The van der Waals surface area contributed by atoms with E-state index in [0.29, 0.717) is 19.1 Å². The molecule has 0 amide bonds. The van der Waals surface area contributed by atoms with Crippen LogP contribution in [0.5, 0.6) is 0 Å². The molecular weight excluding hydrogens is 236 g/mol. The van der Waals surface area contributed by atoms with Gasteiger partial charge < -0.3 is 5.32 Å². The first-order chi connectivity index (χ1) is 7.81. The van der Waals surface area contributed by atoms with E-state index in [2.05, 4.69) is 17.0 Å². The van der Waals surface area contributed by atoms with Gasteiger partial charge in [-0.2, -0.15) is 0 Å². The first-order valence-electron chi connectivity index (χ1n) is 6.53. The zero-order valence-corrected chi connectivity index (χ0v) is 12.2. The average molecular weight is 262 g/mol. The maximum Gasteiger partial charge on any atom is 0.215 e. The number of sulfonamides is 1. The molecular formula is C12H26N2O2S. The van der Waals surface area contributed by atoms with Gasteiger partial charge in [-0.3, -0.25) is 0 Å². The molecule has 0 heterocycles. The number of nitrogens with one attached hydrogen (secondary N) is 2. The fraction of sp³-hybridized carbons (Fsp3) is 1.00. The average Bonchev–Trinajstić information content (AvgIpc) is 3.04. The second kappa shape index (κ2) is 5.67. The van der Waals surface area contributed by atoms with Crippen LogP contribution in [0.3, 0.4) is 0 Å². The topological polar surface area (TPSA) is 58.2 Å². The Morgan fingerprint density at radius 1 is 1.24 bits per heavy atom. The molecule has 1 unspecified atom stereocenters. The third-order valence-corrected chi connectivity index (χ3v) is 5.47. The Balaban J connectivity index is 2.39. The fourth-order valence-corrected chi connectivity index (χ4v) is 2.85. The summed E-state index contributed by atoms with van der Waals surface area (Å²) in [4.78, 5) is 0. The zero-order valence-electron chi connectivity index (χ0n) is 11.4. The second-order valence-electron chi connectivity index (χ2n) is 5.59. The van der Waals surface area contributed by atoms with Crippen molar-refractivity contribution < 1.29 is 8.42 Å². The lowest BCUT2D eigenvalue weighted by Gasteiger charge is -2.19. The molecule has 0 bridgehead atoms. The van der Waals surface area contributed by atoms with Gasteiger partial charge in [0.25, 0.3) is 0 Å². The summed E-state index contributed by atoms with van der Waals surface area (Å²) in [5, 5.41) is 2.78. The third kappa shape index (κ3) is 4.56. The van der Waals surface area contributed by atoms with Crippen molar-refractivity contribution in [1.29, 1.82) is 0 Å². The Bertz CT molecular complexity index is 334. The lowest BCUT2D eigenvalue weighted by Crippen LogP contribution is -2.42. The second-order valence-corrected chi connectivity index (χ2v) is 7.78. The van der Waals surface area contributed by atoms with E-state index in [1.807, 2.05) is 13.8 Å². The van der Waals surface area contributed by atoms with E-state index in [0.717, 1.165) is 19.3 Å². The highest BCUT2D eigenvalue weighted by atomic mass is 32.2. The largest absolute Gasteiger partial charge is 0.313 e. The van der Waals surface area contributed by atoms with Crippen LogP contribution in [-0.2, 0) is 10.0 Å². The van der Waals surface area contributed by atoms with Gasteiger partial charge in [0.05, 0.1) is 5.25 Å². The van der Waals surface area contributed by atoms with E-state index in [1.54, 1.807) is 6.92 Å². The molecule has 1 rings (SSSR count). The van der Waals surface area contributed by atoms with Crippen molar-refractivity contribution in [2.24, 2.45) is 5.41 Å². The van der Waals surface area contributed by atoms with E-state index in [9.17, 15) is 8.42 Å². The Labute approximate surface area is 106 Å². The predicted molar refractivity (Wildman–Crippen MR) is 71.5 cm³/mol. The molecule has 0 saturated heterocycles. The molecule has 0 radical (unpaired) electrons. The number of hydrogen-bond acceptors (Lipinski definition) is 3. The van der Waals surface area contributed by atoms with E-state index in [1.165, 1.54) is 0 Å². The van der Waals surface area contributed by atoms with Crippen LogP contribution in [0.2, 0.25) is 0 Å². The van der Waals surface area contributed by atoms with E-state index >= 15 is 0 Å². The Kier molecular flexibility index (Phi) is 4.98. The SMILES string of the molecule is CCC1(CNS(=O)(=O)C(C)CNC(C)C)CC1. The van der Waals surface area contributed by atoms with Gasteiger partial charge >= 0.3 is 0 Å². The molecule has 1 aliphatic rings. The van der Waals surface area contributed by atoms with Crippen molar-refractivity contribution in [3.05, 3.63) is 0 Å². The maximum atomic E-state index is 12.0. The predicted octanol–water partition coefficient (Wildman–Crippen LogP) is 1.48. The molecule has 0 spiro atoms. The zero-order chi connectivity index (χ0) is 13.1. The summed E-state index contributed by atoms with van der Waals surface area (Å²) in [6, 6.07) is 0.318. The summed E-state index contributed by atoms with van der Waals surface area (Å²) < 4.78 is 26.7. The summed E-state index contributed by atoms with van der Waals surface area (Å²) in [6.45, 7) is 9.03. The van der Waals surface area contributed by atoms with Crippen LogP contribution in [0.1, 0.15) is 47.0 Å². The summed E-state index contributed by atoms with van der Waals surface area (Å²) in [7, 11) is -3.17. The van der Waals surface area contributed by atoms with Crippen LogP contribution in [0.15, 0.2) is 0 Å². The van der Waals surface area contributed by atoms with Gasteiger partial charge in [-0.05, 0) is 31.6 Å². The van der Waals surface area contributed by atoms with Crippen LogP contribution < -0.4 is 10.0 Å². The van der Waals surface area contributed by atoms with Gasteiger partial charge in [-0.25, -0.2) is 13.1 Å². The molecule has 1 atom stereocenters. The summed E-state index contributed by atoms with van der Waals surface area (Å²) in [5.41, 5.74) is 0.262. The molecule has 0 aromatic heterocycles. The van der Waals surface area contributed by atoms with Gasteiger partial charge in [0, 0.05) is 19.1 Å². The van der Waals surface area contributed by atoms with Gasteiger partial charge in [0.2, 0.25) is 10.0 Å². The van der Waals surface area contributed by atoms with E-state index < -0.39 is 10.0 Å². The molecule has 1 saturated carbocycles. The molecule has 4 nitrogen and oxygen atoms in total. The van der Waals surface area contributed by atoms with Crippen molar-refractivity contribution in [2.45, 2.75) is 58.2 Å². The van der Waals surface area contributed by atoms with Crippen LogP contribution in [-0.4, -0.2) is 32.8 Å². The Morgan fingerprint density at radius 2 is 1.82 bits per heavy atom. The minimum absolute atomic E-state index is 0.262. The molecule has 0 aromatic rings. The Morgan fingerprint density at radius 3 is 2.24 bits per heavy atom. The molecule has 0 aromatic carbocycles. The summed E-state index contributed by atoms with van der Waals surface area (Å²) >= 11 is 0. The summed E-state index contributed by atoms with van der Waals surface area (Å²) in [6.07, 6.45) is 3.38. The molecule has 0 aliphatic heterocycles. The molecule has 1 aliphatic carbocycles. The molecule has 1 fully saturated rings. The standard InChI is InChI=1S/C12H26N2O2S/c1-5-12(6-7-12)9-14-17(15,16)11(4)8-13-10(2)3/h10-11,13-14H,5-9H2,1-4H3. The minimum atomic E-state index is -3.17. The highest BCUT2D eigenvalue weighted by Gasteiger charge is 2.41. The normalized spacial score (nSPS) is 20.5. The van der Waals surface area contributed by atoms with Crippen molar-refractivity contribution in [1.82, 2.24) is 10.0 Å². The molecule has 17 heavy (non-hydrogen) atoms. The van der Waals surface area contributed by atoms with Gasteiger partial charge in [-0.15, -0.1) is 0 Å². The highest BCUT2D eigenvalue weighted by Crippen LogP contribution is 2.47. The van der Waals surface area contributed by atoms with Crippen LogP contribution in [0, 0.1) is 5.41 Å². The van der Waals surface area contributed by atoms with Crippen molar-refractivity contribution >= 4 is 10.0 Å². The van der Waals surface area contributed by atoms with Crippen molar-refractivity contribution in [2.75, 3.05) is 13.1 Å². The minimum Gasteiger partial charge on any atom is -0.313 e. The monoisotopic (exact) mass is 262 g/mol. The van der Waals surface area contributed by atoms with Crippen LogP contribution >= 0.6 is 0 Å². The summed E-state index contributed by atoms with van der Waals surface area (Å²) in [5.74, 6) is 0. The van der Waals surface area contributed by atoms with Crippen molar-refractivity contribution in [3.8, 4) is 0 Å². The number of hydrogen-bond donors (Lipinski definition) is 2. The fourth-order valence-electron chi connectivity index (χ4n) is 1.74. The first-order valence-corrected chi connectivity index (χ1v) is 8.08. The lowest BCUT2D eigenvalue weighted by atomic mass is 10.1. The molecule has 2 N–H and O–H groups in total. The van der Waals surface area contributed by atoms with E-state index in [-0.39, 0.29) is 10.7 Å². The van der Waals surface area contributed by atoms with E-state index in [4.69, 9.17) is 0 Å².